The molecule has 0 fully saturated rings. The summed E-state index contributed by atoms with van der Waals surface area (Å²) in [6.45, 7) is 0. The van der Waals surface area contributed by atoms with Crippen molar-refractivity contribution >= 4 is 11.8 Å². The molecule has 4 rings (SSSR count). The van der Waals surface area contributed by atoms with Crippen LogP contribution in [-0.4, -0.2) is 5.75 Å². The first-order valence-electron chi connectivity index (χ1n) is 6.40. The Balaban J connectivity index is 2.06. The summed E-state index contributed by atoms with van der Waals surface area (Å²) in [4.78, 5) is 0. The molecule has 0 aromatic heterocycles. The molecule has 0 saturated heterocycles. The molecular weight excluding hydrogens is 236 g/mol. The Bertz CT molecular complexity index is 594. The fraction of sp³-hybridized carbons (Fsp3) is 0.176. The van der Waals surface area contributed by atoms with Crippen LogP contribution in [0.3, 0.4) is 0 Å². The Hall–Kier alpha value is -1.47. The maximum Gasteiger partial charge on any atom is 0.0706 e. The lowest BCUT2D eigenvalue weighted by atomic mass is 9.92. The van der Waals surface area contributed by atoms with Gasteiger partial charge in [0.05, 0.1) is 4.75 Å². The fourth-order valence-corrected chi connectivity index (χ4v) is 4.63. The Kier molecular flexibility index (Phi) is 2.18. The molecule has 2 aromatic carbocycles. The molecule has 0 atom stereocenters. The van der Waals surface area contributed by atoms with Crippen LogP contribution in [-0.2, 0) is 4.75 Å². The first-order valence-corrected chi connectivity index (χ1v) is 7.39. The lowest BCUT2D eigenvalue weighted by Gasteiger charge is -2.32. The minimum absolute atomic E-state index is 0.169. The molecule has 1 spiro atoms. The molecule has 1 heterocycles. The van der Waals surface area contributed by atoms with Gasteiger partial charge in [0.25, 0.3) is 0 Å². The van der Waals surface area contributed by atoms with E-state index in [9.17, 15) is 0 Å². The minimum atomic E-state index is 0.169. The molecule has 1 aliphatic heterocycles. The van der Waals surface area contributed by atoms with Gasteiger partial charge in [0.1, 0.15) is 0 Å². The van der Waals surface area contributed by atoms with E-state index < -0.39 is 0 Å². The summed E-state index contributed by atoms with van der Waals surface area (Å²) in [5.41, 5.74) is 5.85. The highest BCUT2D eigenvalue weighted by atomic mass is 32.2. The van der Waals surface area contributed by atoms with E-state index in [-0.39, 0.29) is 4.75 Å². The van der Waals surface area contributed by atoms with E-state index in [0.717, 1.165) is 12.2 Å². The molecule has 18 heavy (non-hydrogen) atoms. The molecule has 1 heteroatoms. The van der Waals surface area contributed by atoms with Crippen LogP contribution in [0.5, 0.6) is 0 Å². The molecule has 1 aliphatic carbocycles. The zero-order valence-corrected chi connectivity index (χ0v) is 10.9. The van der Waals surface area contributed by atoms with Crippen molar-refractivity contribution in [3.8, 4) is 11.1 Å². The predicted molar refractivity (Wildman–Crippen MR) is 78.9 cm³/mol. The van der Waals surface area contributed by atoms with E-state index in [2.05, 4.69) is 72.4 Å². The van der Waals surface area contributed by atoms with E-state index in [4.69, 9.17) is 0 Å². The van der Waals surface area contributed by atoms with E-state index in [1.807, 2.05) is 0 Å². The highest BCUT2D eigenvalue weighted by molar-refractivity contribution is 8.00. The monoisotopic (exact) mass is 250 g/mol. The summed E-state index contributed by atoms with van der Waals surface area (Å²) in [6, 6.07) is 17.8. The second kappa shape index (κ2) is 3.76. The normalized spacial score (nSPS) is 18.7. The average molecular weight is 250 g/mol. The second-order valence-electron chi connectivity index (χ2n) is 4.90. The van der Waals surface area contributed by atoms with Crippen LogP contribution in [0.25, 0.3) is 11.1 Å². The number of benzene rings is 2. The molecule has 2 aromatic rings. The van der Waals surface area contributed by atoms with Crippen molar-refractivity contribution in [2.45, 2.75) is 11.2 Å². The second-order valence-corrected chi connectivity index (χ2v) is 6.22. The topological polar surface area (TPSA) is 0 Å². The molecule has 0 nitrogen and oxygen atoms in total. The van der Waals surface area contributed by atoms with Crippen LogP contribution in [0.1, 0.15) is 17.5 Å². The maximum absolute atomic E-state index is 2.34. The van der Waals surface area contributed by atoms with Crippen molar-refractivity contribution in [1.82, 2.24) is 0 Å². The third-order valence-corrected chi connectivity index (χ3v) is 5.47. The van der Waals surface area contributed by atoms with Crippen molar-refractivity contribution in [1.29, 1.82) is 0 Å². The zero-order chi connectivity index (χ0) is 12.0. The summed E-state index contributed by atoms with van der Waals surface area (Å²) < 4.78 is 0.169. The fourth-order valence-electron chi connectivity index (χ4n) is 3.23. The van der Waals surface area contributed by atoms with Crippen LogP contribution in [0.15, 0.2) is 60.7 Å². The first-order chi connectivity index (χ1) is 8.92. The van der Waals surface area contributed by atoms with Gasteiger partial charge < -0.3 is 0 Å². The quantitative estimate of drug-likeness (QED) is 0.616. The number of rotatable bonds is 0. The average Bonchev–Trinajstić information content (AvgIpc) is 2.72. The van der Waals surface area contributed by atoms with Gasteiger partial charge in [-0.2, -0.15) is 0 Å². The van der Waals surface area contributed by atoms with Crippen molar-refractivity contribution in [2.75, 3.05) is 5.75 Å². The summed E-state index contributed by atoms with van der Waals surface area (Å²) in [5, 5.41) is 0. The summed E-state index contributed by atoms with van der Waals surface area (Å²) in [6.07, 6.45) is 5.75. The number of allylic oxidation sites excluding steroid dienone is 1. The largest absolute Gasteiger partial charge is 0.141 e. The standard InChI is InChI=1S/C17H14S/c1-3-9-15-13(7-1)14-8-2-4-10-16(14)17(15)11-5-6-12-18-17/h1-10H,11-12H2. The molecule has 0 unspecified atom stereocenters. The molecule has 0 N–H and O–H groups in total. The van der Waals surface area contributed by atoms with Crippen LogP contribution < -0.4 is 0 Å². The Morgan fingerprint density at radius 2 is 1.39 bits per heavy atom. The van der Waals surface area contributed by atoms with Gasteiger partial charge in [0.2, 0.25) is 0 Å². The molecule has 0 amide bonds. The predicted octanol–water partition coefficient (Wildman–Crippen LogP) is 4.60. The SMILES string of the molecule is C1=CCC2(SC1)c1ccccc1-c1ccccc12. The Labute approximate surface area is 112 Å². The van der Waals surface area contributed by atoms with E-state index in [0.29, 0.717) is 0 Å². The van der Waals surface area contributed by atoms with Gasteiger partial charge in [-0.25, -0.2) is 0 Å². The zero-order valence-electron chi connectivity index (χ0n) is 10.1. The molecule has 2 aliphatic rings. The molecule has 88 valence electrons. The van der Waals surface area contributed by atoms with Gasteiger partial charge in [-0.15, -0.1) is 11.8 Å². The van der Waals surface area contributed by atoms with Crippen molar-refractivity contribution in [3.63, 3.8) is 0 Å². The lowest BCUT2D eigenvalue weighted by molar-refractivity contribution is 0.771. The smallest absolute Gasteiger partial charge is 0.0706 e. The minimum Gasteiger partial charge on any atom is -0.141 e. The highest BCUT2D eigenvalue weighted by Gasteiger charge is 2.43. The van der Waals surface area contributed by atoms with Crippen LogP contribution in [0, 0.1) is 0 Å². The maximum atomic E-state index is 2.34. The van der Waals surface area contributed by atoms with Gasteiger partial charge in [-0.05, 0) is 28.7 Å². The molecular formula is C17H14S. The number of hydrogen-bond acceptors (Lipinski definition) is 1. The van der Waals surface area contributed by atoms with Crippen molar-refractivity contribution in [2.24, 2.45) is 0 Å². The van der Waals surface area contributed by atoms with Crippen LogP contribution in [0.4, 0.5) is 0 Å². The van der Waals surface area contributed by atoms with Crippen LogP contribution >= 0.6 is 11.8 Å². The van der Waals surface area contributed by atoms with Gasteiger partial charge in [-0.1, -0.05) is 60.7 Å². The summed E-state index contributed by atoms with van der Waals surface area (Å²) >= 11 is 2.07. The van der Waals surface area contributed by atoms with Gasteiger partial charge in [0, 0.05) is 5.75 Å². The summed E-state index contributed by atoms with van der Waals surface area (Å²) in [5.74, 6) is 1.11. The molecule has 0 bridgehead atoms. The number of thioether (sulfide) groups is 1. The van der Waals surface area contributed by atoms with E-state index >= 15 is 0 Å². The Morgan fingerprint density at radius 3 is 1.94 bits per heavy atom. The van der Waals surface area contributed by atoms with Gasteiger partial charge in [0.15, 0.2) is 0 Å². The molecule has 0 radical (unpaired) electrons. The highest BCUT2D eigenvalue weighted by Crippen LogP contribution is 2.57. The van der Waals surface area contributed by atoms with Gasteiger partial charge in [-0.3, -0.25) is 0 Å². The third-order valence-electron chi connectivity index (χ3n) is 4.01. The third kappa shape index (κ3) is 1.23. The van der Waals surface area contributed by atoms with E-state index in [1.165, 1.54) is 22.3 Å². The number of fused-ring (bicyclic) bond motifs is 5. The Morgan fingerprint density at radius 1 is 0.778 bits per heavy atom. The van der Waals surface area contributed by atoms with Crippen LogP contribution in [0.2, 0.25) is 0 Å². The first kappa shape index (κ1) is 10.5. The van der Waals surface area contributed by atoms with Crippen molar-refractivity contribution < 1.29 is 0 Å². The lowest BCUT2D eigenvalue weighted by Crippen LogP contribution is -2.22. The number of hydrogen-bond donors (Lipinski definition) is 0. The van der Waals surface area contributed by atoms with E-state index in [1.54, 1.807) is 0 Å². The summed E-state index contributed by atoms with van der Waals surface area (Å²) in [7, 11) is 0. The van der Waals surface area contributed by atoms with Crippen molar-refractivity contribution in [3.05, 3.63) is 71.8 Å². The molecule has 0 saturated carbocycles. The van der Waals surface area contributed by atoms with Gasteiger partial charge >= 0.3 is 0 Å².